The summed E-state index contributed by atoms with van der Waals surface area (Å²) >= 11 is 0. The summed E-state index contributed by atoms with van der Waals surface area (Å²) in [5.41, 5.74) is 0.674. The molecule has 1 fully saturated rings. The highest BCUT2D eigenvalue weighted by molar-refractivity contribution is 6.01. The molecule has 0 N–H and O–H groups in total. The Bertz CT molecular complexity index is 525. The molecule has 1 aliphatic rings. The molecule has 19 heavy (non-hydrogen) atoms. The summed E-state index contributed by atoms with van der Waals surface area (Å²) < 4.78 is 17.9. The third-order valence-electron chi connectivity index (χ3n) is 2.83. The van der Waals surface area contributed by atoms with Gasteiger partial charge in [-0.1, -0.05) is 12.1 Å². The summed E-state index contributed by atoms with van der Waals surface area (Å²) in [6.45, 7) is 1.95. The van der Waals surface area contributed by atoms with Gasteiger partial charge in [-0.2, -0.15) is 5.26 Å². The van der Waals surface area contributed by atoms with Gasteiger partial charge in [0.2, 0.25) is 0 Å². The molecule has 1 aromatic rings. The van der Waals surface area contributed by atoms with Gasteiger partial charge in [0, 0.05) is 13.1 Å². The van der Waals surface area contributed by atoms with Gasteiger partial charge in [0.1, 0.15) is 17.5 Å². The van der Waals surface area contributed by atoms with Crippen LogP contribution in [0.25, 0.3) is 6.08 Å². The van der Waals surface area contributed by atoms with Crippen LogP contribution in [0, 0.1) is 17.1 Å². The predicted molar refractivity (Wildman–Crippen MR) is 67.4 cm³/mol. The average Bonchev–Trinajstić information content (AvgIpc) is 2.47. The molecule has 0 aromatic heterocycles. The van der Waals surface area contributed by atoms with E-state index < -0.39 is 0 Å². The number of hydrogen-bond acceptors (Lipinski definition) is 3. The first-order valence-corrected chi connectivity index (χ1v) is 5.95. The second kappa shape index (κ2) is 6.12. The van der Waals surface area contributed by atoms with Crippen molar-refractivity contribution in [1.29, 1.82) is 5.26 Å². The lowest BCUT2D eigenvalue weighted by atomic mass is 10.1. The molecule has 0 spiro atoms. The van der Waals surface area contributed by atoms with Gasteiger partial charge < -0.3 is 9.64 Å². The summed E-state index contributed by atoms with van der Waals surface area (Å²) in [7, 11) is 0. The second-order valence-electron chi connectivity index (χ2n) is 4.13. The standard InChI is InChI=1S/C14H13FN2O2/c15-13-3-1-11(2-4-13)9-12(10-16)14(18)17-5-7-19-8-6-17/h1-4,9H,5-8H2/b12-9-. The van der Waals surface area contributed by atoms with E-state index in [1.54, 1.807) is 4.90 Å². The Hall–Kier alpha value is -2.19. The highest BCUT2D eigenvalue weighted by atomic mass is 19.1. The van der Waals surface area contributed by atoms with Gasteiger partial charge in [0.05, 0.1) is 13.2 Å². The summed E-state index contributed by atoms with van der Waals surface area (Å²) in [5.74, 6) is -0.662. The summed E-state index contributed by atoms with van der Waals surface area (Å²) in [4.78, 5) is 13.7. The van der Waals surface area contributed by atoms with Crippen LogP contribution < -0.4 is 0 Å². The van der Waals surface area contributed by atoms with Gasteiger partial charge in [0.25, 0.3) is 5.91 Å². The van der Waals surface area contributed by atoms with Gasteiger partial charge in [-0.25, -0.2) is 4.39 Å². The maximum absolute atomic E-state index is 12.8. The highest BCUT2D eigenvalue weighted by Crippen LogP contribution is 2.11. The van der Waals surface area contributed by atoms with Crippen molar-refractivity contribution >= 4 is 12.0 Å². The number of nitrogens with zero attached hydrogens (tertiary/aromatic N) is 2. The number of ether oxygens (including phenoxy) is 1. The van der Waals surface area contributed by atoms with Crippen molar-refractivity contribution in [3.05, 3.63) is 41.2 Å². The van der Waals surface area contributed by atoms with Gasteiger partial charge in [-0.05, 0) is 23.8 Å². The first-order valence-electron chi connectivity index (χ1n) is 5.95. The first kappa shape index (κ1) is 13.2. The van der Waals surface area contributed by atoms with Gasteiger partial charge in [-0.15, -0.1) is 0 Å². The van der Waals surface area contributed by atoms with Gasteiger partial charge >= 0.3 is 0 Å². The van der Waals surface area contributed by atoms with E-state index in [0.29, 0.717) is 31.9 Å². The van der Waals surface area contributed by atoms with Crippen molar-refractivity contribution < 1.29 is 13.9 Å². The third kappa shape index (κ3) is 3.39. The SMILES string of the molecule is N#C/C(=C/c1ccc(F)cc1)C(=O)N1CCOCC1. The lowest BCUT2D eigenvalue weighted by Gasteiger charge is -2.26. The van der Waals surface area contributed by atoms with Crippen LogP contribution in [-0.4, -0.2) is 37.1 Å². The molecule has 1 amide bonds. The zero-order valence-electron chi connectivity index (χ0n) is 10.3. The minimum atomic E-state index is -0.352. The average molecular weight is 260 g/mol. The van der Waals surface area contributed by atoms with E-state index >= 15 is 0 Å². The maximum Gasteiger partial charge on any atom is 0.264 e. The molecule has 4 nitrogen and oxygen atoms in total. The normalized spacial score (nSPS) is 16.0. The molecule has 0 saturated carbocycles. The minimum absolute atomic E-state index is 0.0495. The van der Waals surface area contributed by atoms with Crippen molar-refractivity contribution in [2.75, 3.05) is 26.3 Å². The predicted octanol–water partition coefficient (Wildman–Crippen LogP) is 1.59. The fourth-order valence-electron chi connectivity index (χ4n) is 1.80. The van der Waals surface area contributed by atoms with Gasteiger partial charge in [-0.3, -0.25) is 4.79 Å². The molecule has 98 valence electrons. The highest BCUT2D eigenvalue weighted by Gasteiger charge is 2.20. The van der Waals surface area contributed by atoms with Crippen molar-refractivity contribution in [3.8, 4) is 6.07 Å². The van der Waals surface area contributed by atoms with E-state index in [0.717, 1.165) is 0 Å². The smallest absolute Gasteiger partial charge is 0.264 e. The molecule has 1 heterocycles. The van der Waals surface area contributed by atoms with Crippen LogP contribution in [0.1, 0.15) is 5.56 Å². The van der Waals surface area contributed by atoms with Crippen LogP contribution in [0.2, 0.25) is 0 Å². The quantitative estimate of drug-likeness (QED) is 0.599. The fraction of sp³-hybridized carbons (Fsp3) is 0.286. The summed E-state index contributed by atoms with van der Waals surface area (Å²) in [6, 6.07) is 7.54. The zero-order valence-corrected chi connectivity index (χ0v) is 10.3. The Balaban J connectivity index is 2.17. The molecule has 0 bridgehead atoms. The minimum Gasteiger partial charge on any atom is -0.378 e. The molecular formula is C14H13FN2O2. The number of carbonyl (C=O) groups is 1. The van der Waals surface area contributed by atoms with E-state index in [4.69, 9.17) is 10.00 Å². The number of morpholine rings is 1. The molecule has 0 radical (unpaired) electrons. The van der Waals surface area contributed by atoms with Crippen molar-refractivity contribution in [3.63, 3.8) is 0 Å². The lowest BCUT2D eigenvalue weighted by Crippen LogP contribution is -2.41. The largest absolute Gasteiger partial charge is 0.378 e. The van der Waals surface area contributed by atoms with Crippen LogP contribution in [0.3, 0.4) is 0 Å². The molecule has 0 atom stereocenters. The van der Waals surface area contributed by atoms with Gasteiger partial charge in [0.15, 0.2) is 0 Å². The van der Waals surface area contributed by atoms with Crippen LogP contribution in [0.5, 0.6) is 0 Å². The molecule has 1 saturated heterocycles. The van der Waals surface area contributed by atoms with E-state index in [2.05, 4.69) is 0 Å². The second-order valence-corrected chi connectivity index (χ2v) is 4.13. The van der Waals surface area contributed by atoms with E-state index in [1.165, 1.54) is 30.3 Å². The van der Waals surface area contributed by atoms with Crippen LogP contribution in [-0.2, 0) is 9.53 Å². The number of benzene rings is 1. The van der Waals surface area contributed by atoms with Crippen LogP contribution in [0.4, 0.5) is 4.39 Å². The van der Waals surface area contributed by atoms with E-state index in [9.17, 15) is 9.18 Å². The van der Waals surface area contributed by atoms with Crippen molar-refractivity contribution in [2.24, 2.45) is 0 Å². The number of halogens is 1. The maximum atomic E-state index is 12.8. The number of hydrogen-bond donors (Lipinski definition) is 0. The van der Waals surface area contributed by atoms with Crippen LogP contribution >= 0.6 is 0 Å². The van der Waals surface area contributed by atoms with E-state index in [-0.39, 0.29) is 17.3 Å². The van der Waals surface area contributed by atoms with Crippen molar-refractivity contribution in [2.45, 2.75) is 0 Å². The molecule has 0 aliphatic carbocycles. The number of amides is 1. The Morgan fingerprint density at radius 2 is 1.95 bits per heavy atom. The first-order chi connectivity index (χ1) is 9.20. The molecular weight excluding hydrogens is 247 g/mol. The zero-order chi connectivity index (χ0) is 13.7. The van der Waals surface area contributed by atoms with Crippen molar-refractivity contribution in [1.82, 2.24) is 4.90 Å². The lowest BCUT2D eigenvalue weighted by molar-refractivity contribution is -0.130. The third-order valence-corrected chi connectivity index (χ3v) is 2.83. The Labute approximate surface area is 110 Å². The Morgan fingerprint density at radius 3 is 2.53 bits per heavy atom. The molecule has 1 aliphatic heterocycles. The molecule has 1 aromatic carbocycles. The Kier molecular flexibility index (Phi) is 4.26. The number of rotatable bonds is 2. The monoisotopic (exact) mass is 260 g/mol. The topological polar surface area (TPSA) is 53.3 Å². The van der Waals surface area contributed by atoms with Crippen LogP contribution in [0.15, 0.2) is 29.8 Å². The molecule has 2 rings (SSSR count). The number of carbonyl (C=O) groups excluding carboxylic acids is 1. The summed E-state index contributed by atoms with van der Waals surface area (Å²) in [6.07, 6.45) is 1.47. The fourth-order valence-corrected chi connectivity index (χ4v) is 1.80. The number of nitriles is 1. The molecule has 0 unspecified atom stereocenters. The molecule has 5 heteroatoms. The van der Waals surface area contributed by atoms with E-state index in [1.807, 2.05) is 6.07 Å². The Morgan fingerprint density at radius 1 is 1.32 bits per heavy atom. The summed E-state index contributed by atoms with van der Waals surface area (Å²) in [5, 5.41) is 9.07.